The molecule has 35 heavy (non-hydrogen) atoms. The third-order valence-electron chi connectivity index (χ3n) is 5.86. The molecule has 7 nitrogen and oxygen atoms in total. The molecule has 0 saturated heterocycles. The molecule has 0 aromatic heterocycles. The second-order valence-corrected chi connectivity index (χ2v) is 10.4. The number of anilines is 2. The highest BCUT2D eigenvalue weighted by Crippen LogP contribution is 2.35. The highest BCUT2D eigenvalue weighted by Gasteiger charge is 2.33. The number of fused-ring (bicyclic) bond motifs is 1. The molecule has 3 aromatic carbocycles. The number of carbonyl (C=O) groups excluding carboxylic acids is 2. The molecular weight excluding hydrogens is 488 g/mol. The number of rotatable bonds is 7. The number of esters is 1. The SMILES string of the molecule is CCc1ccc(NC(=O)[C@H](C)OC(=O)c2ccc(Cl)c(S(=O)(=O)N3CCc4ccccc43)c2)cc1. The molecule has 1 amide bonds. The number of aryl methyl sites for hydroxylation is 1. The fourth-order valence-corrected chi connectivity index (χ4v) is 5.86. The fraction of sp³-hybridized carbons (Fsp3) is 0.231. The first kappa shape index (κ1) is 24.8. The molecule has 3 aromatic rings. The van der Waals surface area contributed by atoms with Crippen molar-refractivity contribution >= 4 is 44.9 Å². The summed E-state index contributed by atoms with van der Waals surface area (Å²) in [6.07, 6.45) is 0.364. The molecule has 1 aliphatic rings. The van der Waals surface area contributed by atoms with Gasteiger partial charge < -0.3 is 10.1 Å². The monoisotopic (exact) mass is 512 g/mol. The van der Waals surface area contributed by atoms with E-state index in [4.69, 9.17) is 16.3 Å². The van der Waals surface area contributed by atoms with E-state index in [1.54, 1.807) is 24.3 Å². The molecule has 0 unspecified atom stereocenters. The first-order valence-electron chi connectivity index (χ1n) is 11.2. The average Bonchev–Trinajstić information content (AvgIpc) is 3.29. The molecule has 1 heterocycles. The van der Waals surface area contributed by atoms with Crippen LogP contribution in [0.15, 0.2) is 71.6 Å². The minimum Gasteiger partial charge on any atom is -0.449 e. The number of amides is 1. The first-order chi connectivity index (χ1) is 16.7. The van der Waals surface area contributed by atoms with Crippen molar-refractivity contribution in [2.45, 2.75) is 37.7 Å². The predicted octanol–water partition coefficient (Wildman–Crippen LogP) is 4.84. The molecule has 0 spiro atoms. The molecule has 0 fully saturated rings. The van der Waals surface area contributed by atoms with Crippen molar-refractivity contribution in [1.29, 1.82) is 0 Å². The number of ether oxygens (including phenoxy) is 1. The maximum Gasteiger partial charge on any atom is 0.338 e. The normalized spacial score (nSPS) is 13.7. The molecular formula is C26H25ClN2O5S. The molecule has 0 radical (unpaired) electrons. The van der Waals surface area contributed by atoms with Gasteiger partial charge in [0.15, 0.2) is 6.10 Å². The van der Waals surface area contributed by atoms with Crippen LogP contribution in [0.25, 0.3) is 0 Å². The Balaban J connectivity index is 1.50. The summed E-state index contributed by atoms with van der Waals surface area (Å²) in [5.41, 5.74) is 3.21. The summed E-state index contributed by atoms with van der Waals surface area (Å²) in [7, 11) is -4.02. The number of hydrogen-bond acceptors (Lipinski definition) is 5. The van der Waals surface area contributed by atoms with Crippen molar-refractivity contribution in [3.05, 3.63) is 88.4 Å². The van der Waals surface area contributed by atoms with E-state index in [2.05, 4.69) is 5.32 Å². The lowest BCUT2D eigenvalue weighted by molar-refractivity contribution is -0.123. The zero-order chi connectivity index (χ0) is 25.2. The molecule has 0 bridgehead atoms. The van der Waals surface area contributed by atoms with E-state index in [1.807, 2.05) is 31.2 Å². The zero-order valence-corrected chi connectivity index (χ0v) is 20.9. The molecule has 1 aliphatic heterocycles. The summed E-state index contributed by atoms with van der Waals surface area (Å²) in [4.78, 5) is 25.0. The van der Waals surface area contributed by atoms with Crippen molar-refractivity contribution in [1.82, 2.24) is 0 Å². The fourth-order valence-electron chi connectivity index (χ4n) is 3.85. The van der Waals surface area contributed by atoms with Crippen LogP contribution in [0.5, 0.6) is 0 Å². The third-order valence-corrected chi connectivity index (χ3v) is 8.16. The van der Waals surface area contributed by atoms with Gasteiger partial charge in [-0.25, -0.2) is 13.2 Å². The van der Waals surface area contributed by atoms with Crippen LogP contribution in [0, 0.1) is 0 Å². The maximum absolute atomic E-state index is 13.4. The molecule has 182 valence electrons. The number of sulfonamides is 1. The lowest BCUT2D eigenvalue weighted by Crippen LogP contribution is -2.31. The summed E-state index contributed by atoms with van der Waals surface area (Å²) in [5.74, 6) is -1.33. The van der Waals surface area contributed by atoms with Gasteiger partial charge in [-0.1, -0.05) is 48.9 Å². The van der Waals surface area contributed by atoms with Gasteiger partial charge in [-0.3, -0.25) is 9.10 Å². The average molecular weight is 513 g/mol. The van der Waals surface area contributed by atoms with Crippen molar-refractivity contribution in [3.63, 3.8) is 0 Å². The first-order valence-corrected chi connectivity index (χ1v) is 13.0. The van der Waals surface area contributed by atoms with E-state index in [0.29, 0.717) is 17.8 Å². The van der Waals surface area contributed by atoms with E-state index in [0.717, 1.165) is 17.5 Å². The Hall–Kier alpha value is -3.36. The quantitative estimate of drug-likeness (QED) is 0.457. The lowest BCUT2D eigenvalue weighted by Gasteiger charge is -2.21. The summed E-state index contributed by atoms with van der Waals surface area (Å²) < 4.78 is 33.4. The number of para-hydroxylation sites is 1. The molecule has 1 N–H and O–H groups in total. The van der Waals surface area contributed by atoms with Crippen LogP contribution in [0.2, 0.25) is 5.02 Å². The van der Waals surface area contributed by atoms with Gasteiger partial charge in [-0.2, -0.15) is 0 Å². The Morgan fingerprint density at radius 1 is 1.09 bits per heavy atom. The van der Waals surface area contributed by atoms with Crippen molar-refractivity contribution in [2.24, 2.45) is 0 Å². The van der Waals surface area contributed by atoms with Gasteiger partial charge in [0.2, 0.25) is 0 Å². The number of hydrogen-bond donors (Lipinski definition) is 1. The van der Waals surface area contributed by atoms with Gasteiger partial charge >= 0.3 is 5.97 Å². The smallest absolute Gasteiger partial charge is 0.338 e. The molecule has 0 aliphatic carbocycles. The van der Waals surface area contributed by atoms with Crippen LogP contribution in [0.3, 0.4) is 0 Å². The predicted molar refractivity (Wildman–Crippen MR) is 135 cm³/mol. The van der Waals surface area contributed by atoms with Crippen molar-refractivity contribution in [2.75, 3.05) is 16.2 Å². The standard InChI is InChI=1S/C26H25ClN2O5S/c1-3-18-8-11-21(12-9-18)28-25(30)17(2)34-26(31)20-10-13-22(27)24(16-20)35(32,33)29-15-14-19-6-4-5-7-23(19)29/h4-13,16-17H,3,14-15H2,1-2H3,(H,28,30)/t17-/m0/s1. The van der Waals surface area contributed by atoms with Crippen molar-refractivity contribution < 1.29 is 22.7 Å². The van der Waals surface area contributed by atoms with Gasteiger partial charge in [0, 0.05) is 12.2 Å². The van der Waals surface area contributed by atoms with Gasteiger partial charge in [0.05, 0.1) is 16.3 Å². The zero-order valence-electron chi connectivity index (χ0n) is 19.3. The van der Waals surface area contributed by atoms with Crippen LogP contribution in [-0.4, -0.2) is 32.9 Å². The molecule has 4 rings (SSSR count). The minimum atomic E-state index is -4.02. The Bertz CT molecular complexity index is 1370. The highest BCUT2D eigenvalue weighted by molar-refractivity contribution is 7.93. The van der Waals surface area contributed by atoms with Crippen LogP contribution in [0.4, 0.5) is 11.4 Å². The summed E-state index contributed by atoms with van der Waals surface area (Å²) in [5, 5.41) is 2.69. The molecule has 1 atom stereocenters. The molecule has 0 saturated carbocycles. The number of halogens is 1. The van der Waals surface area contributed by atoms with Crippen LogP contribution < -0.4 is 9.62 Å². The Morgan fingerprint density at radius 3 is 2.51 bits per heavy atom. The lowest BCUT2D eigenvalue weighted by atomic mass is 10.1. The number of nitrogens with zero attached hydrogens (tertiary/aromatic N) is 1. The van der Waals surface area contributed by atoms with Crippen LogP contribution in [0.1, 0.15) is 35.3 Å². The Morgan fingerprint density at radius 2 is 1.80 bits per heavy atom. The van der Waals surface area contributed by atoms with E-state index >= 15 is 0 Å². The van der Waals surface area contributed by atoms with Gasteiger partial charge in [-0.05, 0) is 67.3 Å². The minimum absolute atomic E-state index is 0.00718. The van der Waals surface area contributed by atoms with Gasteiger partial charge in [-0.15, -0.1) is 0 Å². The van der Waals surface area contributed by atoms with E-state index in [1.165, 1.54) is 29.4 Å². The number of benzene rings is 3. The van der Waals surface area contributed by atoms with Gasteiger partial charge in [0.1, 0.15) is 4.90 Å². The van der Waals surface area contributed by atoms with E-state index in [-0.39, 0.29) is 22.0 Å². The Labute approximate surface area is 209 Å². The highest BCUT2D eigenvalue weighted by atomic mass is 35.5. The second kappa shape index (κ2) is 10.1. The Kier molecular flexibility index (Phi) is 7.14. The summed E-state index contributed by atoms with van der Waals surface area (Å²) in [6, 6.07) is 18.5. The van der Waals surface area contributed by atoms with Gasteiger partial charge in [0.25, 0.3) is 15.9 Å². The van der Waals surface area contributed by atoms with Crippen LogP contribution in [-0.2, 0) is 32.4 Å². The molecule has 9 heteroatoms. The summed E-state index contributed by atoms with van der Waals surface area (Å²) >= 11 is 6.24. The number of carbonyl (C=O) groups is 2. The topological polar surface area (TPSA) is 92.8 Å². The maximum atomic E-state index is 13.4. The number of nitrogens with one attached hydrogen (secondary N) is 1. The van der Waals surface area contributed by atoms with E-state index in [9.17, 15) is 18.0 Å². The van der Waals surface area contributed by atoms with E-state index < -0.39 is 28.0 Å². The third kappa shape index (κ3) is 5.18. The summed E-state index contributed by atoms with van der Waals surface area (Å²) in [6.45, 7) is 3.76. The van der Waals surface area contributed by atoms with Crippen LogP contribution >= 0.6 is 11.6 Å². The van der Waals surface area contributed by atoms with Crippen molar-refractivity contribution in [3.8, 4) is 0 Å². The largest absolute Gasteiger partial charge is 0.449 e. The second-order valence-electron chi connectivity index (χ2n) is 8.19.